The Labute approximate surface area is 222 Å². The van der Waals surface area contributed by atoms with Gasteiger partial charge in [0.05, 0.1) is 10.7 Å². The van der Waals surface area contributed by atoms with E-state index in [2.05, 4.69) is 25.1 Å². The van der Waals surface area contributed by atoms with E-state index in [9.17, 15) is 18.0 Å². The van der Waals surface area contributed by atoms with Crippen molar-refractivity contribution in [3.63, 3.8) is 0 Å². The summed E-state index contributed by atoms with van der Waals surface area (Å²) in [4.78, 5) is 21.0. The number of alkyl halides is 2. The molecule has 2 aromatic heterocycles. The van der Waals surface area contributed by atoms with E-state index in [1.165, 1.54) is 12.4 Å². The summed E-state index contributed by atoms with van der Waals surface area (Å²) in [6.45, 7) is 1.25. The molecule has 0 aliphatic carbocycles. The average Bonchev–Trinajstić information content (AvgIpc) is 3.26. The standard InChI is InChI=1S/C25H24BClF3N5O3/c1-13-7-20(35-14(2)31-12-32-35)16-5-4-6-21(23(16)33-13)37-10-17-18(8-15(28)9-19(17)27)25(3,26)34-22(36)11-38-24(29)30/h4-9,12,24H,10-11,26H2,1-3H3,(H,34,36)/t25-/m0/s1. The molecular weight excluding hydrogens is 522 g/mol. The lowest BCUT2D eigenvalue weighted by Crippen LogP contribution is -2.46. The predicted molar refractivity (Wildman–Crippen MR) is 138 cm³/mol. The summed E-state index contributed by atoms with van der Waals surface area (Å²) < 4.78 is 51.0. The average molecular weight is 546 g/mol. The van der Waals surface area contributed by atoms with E-state index in [1.54, 1.807) is 25.5 Å². The van der Waals surface area contributed by atoms with Gasteiger partial charge < -0.3 is 14.8 Å². The van der Waals surface area contributed by atoms with Gasteiger partial charge in [0, 0.05) is 22.1 Å². The van der Waals surface area contributed by atoms with Gasteiger partial charge in [0.15, 0.2) is 0 Å². The van der Waals surface area contributed by atoms with Crippen LogP contribution >= 0.6 is 11.6 Å². The van der Waals surface area contributed by atoms with E-state index in [-0.39, 0.29) is 11.6 Å². The van der Waals surface area contributed by atoms with Crippen LogP contribution in [-0.4, -0.2) is 46.7 Å². The van der Waals surface area contributed by atoms with Crippen molar-refractivity contribution in [2.24, 2.45) is 0 Å². The van der Waals surface area contributed by atoms with Crippen LogP contribution in [0.1, 0.15) is 29.6 Å². The molecule has 0 radical (unpaired) electrons. The van der Waals surface area contributed by atoms with Crippen molar-refractivity contribution in [2.45, 2.75) is 39.4 Å². The molecule has 2 heterocycles. The van der Waals surface area contributed by atoms with Crippen LogP contribution < -0.4 is 10.1 Å². The molecule has 4 rings (SSSR count). The molecule has 0 aliphatic rings. The highest BCUT2D eigenvalue weighted by Gasteiger charge is 2.28. The third-order valence-electron chi connectivity index (χ3n) is 5.85. The minimum Gasteiger partial charge on any atom is -0.487 e. The highest BCUT2D eigenvalue weighted by atomic mass is 35.5. The van der Waals surface area contributed by atoms with Crippen LogP contribution in [0.5, 0.6) is 5.75 Å². The van der Waals surface area contributed by atoms with Crippen molar-refractivity contribution in [3.05, 3.63) is 76.2 Å². The number of carbonyl (C=O) groups is 1. The fourth-order valence-electron chi connectivity index (χ4n) is 4.20. The third kappa shape index (κ3) is 5.92. The Morgan fingerprint density at radius 2 is 2.03 bits per heavy atom. The minimum absolute atomic E-state index is 0.0782. The summed E-state index contributed by atoms with van der Waals surface area (Å²) >= 11 is 6.41. The van der Waals surface area contributed by atoms with Crippen molar-refractivity contribution in [1.29, 1.82) is 0 Å². The topological polar surface area (TPSA) is 91.2 Å². The monoisotopic (exact) mass is 545 g/mol. The Morgan fingerprint density at radius 1 is 1.26 bits per heavy atom. The highest BCUT2D eigenvalue weighted by Crippen LogP contribution is 2.33. The summed E-state index contributed by atoms with van der Waals surface area (Å²) in [6.07, 6.45) is 1.47. The quantitative estimate of drug-likeness (QED) is 0.320. The van der Waals surface area contributed by atoms with Gasteiger partial charge in [-0.05, 0) is 50.6 Å². The zero-order chi connectivity index (χ0) is 27.6. The molecule has 1 amide bonds. The van der Waals surface area contributed by atoms with Crippen molar-refractivity contribution >= 4 is 36.3 Å². The number of aryl methyl sites for hydroxylation is 2. The largest absolute Gasteiger partial charge is 0.487 e. The lowest BCUT2D eigenvalue weighted by Gasteiger charge is -2.30. The van der Waals surface area contributed by atoms with Crippen LogP contribution in [0.25, 0.3) is 16.6 Å². The van der Waals surface area contributed by atoms with E-state index in [0.717, 1.165) is 22.8 Å². The van der Waals surface area contributed by atoms with Crippen molar-refractivity contribution < 1.29 is 27.4 Å². The fraction of sp³-hybridized carbons (Fsp3) is 0.280. The number of pyridine rings is 1. The smallest absolute Gasteiger partial charge is 0.345 e. The maximum atomic E-state index is 14.4. The fourth-order valence-corrected chi connectivity index (χ4v) is 4.47. The summed E-state index contributed by atoms with van der Waals surface area (Å²) in [7, 11) is 1.59. The van der Waals surface area contributed by atoms with Crippen LogP contribution in [0.2, 0.25) is 5.02 Å². The molecule has 1 N–H and O–H groups in total. The molecule has 0 spiro atoms. The number of amides is 1. The molecular formula is C25H24BClF3N5O3. The molecule has 0 unspecified atom stereocenters. The molecule has 1 atom stereocenters. The van der Waals surface area contributed by atoms with Crippen molar-refractivity contribution in [3.8, 4) is 11.4 Å². The molecule has 0 saturated carbocycles. The number of halogens is 4. The lowest BCUT2D eigenvalue weighted by molar-refractivity contribution is -0.152. The molecule has 8 nitrogen and oxygen atoms in total. The van der Waals surface area contributed by atoms with Crippen LogP contribution in [0.4, 0.5) is 13.2 Å². The second-order valence-electron chi connectivity index (χ2n) is 9.10. The number of nitrogens with zero attached hydrogens (tertiary/aromatic N) is 4. The van der Waals surface area contributed by atoms with Gasteiger partial charge in [-0.2, -0.15) is 13.9 Å². The van der Waals surface area contributed by atoms with Gasteiger partial charge in [-0.15, -0.1) is 0 Å². The van der Waals surface area contributed by atoms with Crippen molar-refractivity contribution in [2.75, 3.05) is 6.61 Å². The van der Waals surface area contributed by atoms with E-state index in [1.807, 2.05) is 32.0 Å². The molecule has 4 aromatic rings. The summed E-state index contributed by atoms with van der Waals surface area (Å²) in [6, 6.07) is 9.70. The molecule has 0 fully saturated rings. The number of rotatable bonds is 9. The first kappa shape index (κ1) is 27.4. The van der Waals surface area contributed by atoms with Gasteiger partial charge in [0.25, 0.3) is 0 Å². The number of fused-ring (bicyclic) bond motifs is 1. The van der Waals surface area contributed by atoms with Crippen LogP contribution in [-0.2, 0) is 21.6 Å². The Bertz CT molecular complexity index is 1500. The minimum atomic E-state index is -3.09. The van der Waals surface area contributed by atoms with Gasteiger partial charge in [0.2, 0.25) is 5.91 Å². The first-order valence-electron chi connectivity index (χ1n) is 11.6. The summed E-state index contributed by atoms with van der Waals surface area (Å²) in [5.41, 5.74) is 1.62. The number of nitrogens with one attached hydrogen (secondary N) is 1. The maximum Gasteiger partial charge on any atom is 0.345 e. The number of hydrogen-bond acceptors (Lipinski definition) is 6. The number of carbonyl (C=O) groups excluding carboxylic acids is 1. The summed E-state index contributed by atoms with van der Waals surface area (Å²) in [5, 5.41) is 7.74. The van der Waals surface area contributed by atoms with Crippen LogP contribution in [0.15, 0.2) is 42.7 Å². The number of ether oxygens (including phenoxy) is 2. The molecule has 2 aromatic carbocycles. The number of benzene rings is 2. The van der Waals surface area contributed by atoms with E-state index >= 15 is 0 Å². The van der Waals surface area contributed by atoms with Gasteiger partial charge in [-0.25, -0.2) is 19.0 Å². The third-order valence-corrected chi connectivity index (χ3v) is 6.19. The first-order valence-corrected chi connectivity index (χ1v) is 11.9. The number of para-hydroxylation sites is 1. The van der Waals surface area contributed by atoms with Gasteiger partial charge >= 0.3 is 6.61 Å². The first-order chi connectivity index (χ1) is 18.0. The highest BCUT2D eigenvalue weighted by molar-refractivity contribution is 6.31. The van der Waals surface area contributed by atoms with Gasteiger partial charge in [-0.1, -0.05) is 23.7 Å². The van der Waals surface area contributed by atoms with Crippen LogP contribution in [0, 0.1) is 19.7 Å². The molecule has 0 saturated heterocycles. The normalized spacial score (nSPS) is 13.1. The zero-order valence-electron chi connectivity index (χ0n) is 21.1. The second-order valence-corrected chi connectivity index (χ2v) is 9.51. The molecule has 38 heavy (non-hydrogen) atoms. The Morgan fingerprint density at radius 3 is 2.71 bits per heavy atom. The van der Waals surface area contributed by atoms with Gasteiger partial charge in [-0.3, -0.25) is 4.79 Å². The SMILES string of the molecule is B[C@@](C)(NC(=O)COC(F)F)c1cc(F)cc(Cl)c1COc1cccc2c(-n3ncnc3C)cc(C)nc12. The Hall–Kier alpha value is -3.64. The zero-order valence-corrected chi connectivity index (χ0v) is 21.8. The molecule has 0 bridgehead atoms. The molecule has 13 heteroatoms. The lowest BCUT2D eigenvalue weighted by atomic mass is 9.72. The van der Waals surface area contributed by atoms with E-state index < -0.39 is 30.4 Å². The van der Waals surface area contributed by atoms with Crippen LogP contribution in [0.3, 0.4) is 0 Å². The van der Waals surface area contributed by atoms with E-state index in [0.29, 0.717) is 28.2 Å². The number of aromatic nitrogens is 4. The molecule has 0 aliphatic heterocycles. The maximum absolute atomic E-state index is 14.4. The van der Waals surface area contributed by atoms with Crippen molar-refractivity contribution in [1.82, 2.24) is 25.1 Å². The molecule has 198 valence electrons. The predicted octanol–water partition coefficient (Wildman–Crippen LogP) is 3.97. The Balaban J connectivity index is 1.68. The van der Waals surface area contributed by atoms with E-state index in [4.69, 9.17) is 16.3 Å². The second kappa shape index (κ2) is 11.0. The Kier molecular flexibility index (Phi) is 7.93. The number of hydrogen-bond donors (Lipinski definition) is 1. The van der Waals surface area contributed by atoms with Gasteiger partial charge in [0.1, 0.15) is 50.3 Å². The summed E-state index contributed by atoms with van der Waals surface area (Å²) in [5.74, 6) is -0.277.